The minimum Gasteiger partial charge on any atom is -0.368 e. The van der Waals surface area contributed by atoms with Gasteiger partial charge in [0.2, 0.25) is 11.8 Å². The number of hydrogen-bond donors (Lipinski definition) is 2. The van der Waals surface area contributed by atoms with Crippen LogP contribution in [0.5, 0.6) is 0 Å². The van der Waals surface area contributed by atoms with Crippen molar-refractivity contribution in [2.24, 2.45) is 11.7 Å². The van der Waals surface area contributed by atoms with Crippen molar-refractivity contribution >= 4 is 52.6 Å². The number of primary amides is 1. The van der Waals surface area contributed by atoms with Gasteiger partial charge in [0.05, 0.1) is 10.9 Å². The van der Waals surface area contributed by atoms with Gasteiger partial charge in [-0.25, -0.2) is 0 Å². The number of Topliss-reactive ketones (excluding diaryl/α,β-unsaturated/α-hetero) is 1. The van der Waals surface area contributed by atoms with Crippen molar-refractivity contribution in [3.8, 4) is 0 Å². The van der Waals surface area contributed by atoms with Gasteiger partial charge >= 0.3 is 0 Å². The largest absolute Gasteiger partial charge is 0.368 e. The predicted molar refractivity (Wildman–Crippen MR) is 122 cm³/mol. The molecular formula is C23H22ClN3O4S. The van der Waals surface area contributed by atoms with E-state index in [1.165, 1.54) is 16.7 Å². The summed E-state index contributed by atoms with van der Waals surface area (Å²) in [6.45, 7) is -0.330. The lowest BCUT2D eigenvalue weighted by Crippen LogP contribution is -2.53. The van der Waals surface area contributed by atoms with Crippen LogP contribution in [0.4, 0.5) is 5.69 Å². The van der Waals surface area contributed by atoms with E-state index in [0.717, 1.165) is 5.56 Å². The molecule has 1 aliphatic heterocycles. The van der Waals surface area contributed by atoms with E-state index < -0.39 is 29.0 Å². The maximum atomic E-state index is 13.7. The second-order valence-electron chi connectivity index (χ2n) is 7.92. The van der Waals surface area contributed by atoms with Gasteiger partial charge in [-0.15, -0.1) is 11.8 Å². The summed E-state index contributed by atoms with van der Waals surface area (Å²) in [5.41, 5.74) is 6.79. The zero-order valence-corrected chi connectivity index (χ0v) is 18.7. The number of benzene rings is 2. The minimum absolute atomic E-state index is 0.0451. The Morgan fingerprint density at radius 2 is 1.91 bits per heavy atom. The first-order chi connectivity index (χ1) is 15.3. The second kappa shape index (κ2) is 9.34. The van der Waals surface area contributed by atoms with E-state index in [0.29, 0.717) is 28.4 Å². The number of carbonyl (C=O) groups excluding carboxylic acids is 4. The van der Waals surface area contributed by atoms with Gasteiger partial charge < -0.3 is 16.0 Å². The highest BCUT2D eigenvalue weighted by Crippen LogP contribution is 2.46. The Hall–Kier alpha value is -2.84. The number of nitrogens with one attached hydrogen (secondary N) is 1. The molecule has 0 unspecified atom stereocenters. The molecule has 0 radical (unpaired) electrons. The summed E-state index contributed by atoms with van der Waals surface area (Å²) in [6, 6.07) is 13.5. The zero-order valence-electron chi connectivity index (χ0n) is 17.1. The predicted octanol–water partition coefficient (Wildman–Crippen LogP) is 2.86. The van der Waals surface area contributed by atoms with E-state index >= 15 is 0 Å². The zero-order chi connectivity index (χ0) is 22.8. The van der Waals surface area contributed by atoms with E-state index in [2.05, 4.69) is 5.32 Å². The number of amides is 3. The van der Waals surface area contributed by atoms with Gasteiger partial charge in [-0.3, -0.25) is 19.2 Å². The monoisotopic (exact) mass is 471 g/mol. The molecule has 1 aliphatic carbocycles. The summed E-state index contributed by atoms with van der Waals surface area (Å²) < 4.78 is 0. The fourth-order valence-electron chi connectivity index (χ4n) is 4.09. The number of anilines is 1. The molecule has 4 rings (SSSR count). The molecule has 3 amide bonds. The summed E-state index contributed by atoms with van der Waals surface area (Å²) in [5.74, 6) is -1.86. The van der Waals surface area contributed by atoms with Gasteiger partial charge in [0.15, 0.2) is 0 Å². The molecule has 7 nitrogen and oxygen atoms in total. The first-order valence-electron chi connectivity index (χ1n) is 10.3. The Morgan fingerprint density at radius 3 is 2.56 bits per heavy atom. The van der Waals surface area contributed by atoms with Crippen LogP contribution in [0.25, 0.3) is 0 Å². The van der Waals surface area contributed by atoms with E-state index in [1.807, 2.05) is 30.3 Å². The molecule has 1 fully saturated rings. The Morgan fingerprint density at radius 1 is 1.16 bits per heavy atom. The molecule has 1 saturated carbocycles. The van der Waals surface area contributed by atoms with Gasteiger partial charge in [0.1, 0.15) is 18.4 Å². The van der Waals surface area contributed by atoms with Gasteiger partial charge in [-0.1, -0.05) is 41.9 Å². The first-order valence-corrected chi connectivity index (χ1v) is 11.5. The number of fused-ring (bicyclic) bond motifs is 1. The summed E-state index contributed by atoms with van der Waals surface area (Å²) >= 11 is 7.62. The molecule has 3 N–H and O–H groups in total. The van der Waals surface area contributed by atoms with E-state index in [-0.39, 0.29) is 24.7 Å². The summed E-state index contributed by atoms with van der Waals surface area (Å²) in [4.78, 5) is 52.2. The smallest absolute Gasteiger partial charge is 0.251 e. The second-order valence-corrected chi connectivity index (χ2v) is 9.54. The Labute approximate surface area is 194 Å². The number of ketones is 1. The van der Waals surface area contributed by atoms with E-state index in [1.54, 1.807) is 18.2 Å². The Balaban J connectivity index is 1.77. The van der Waals surface area contributed by atoms with E-state index in [9.17, 15) is 19.2 Å². The molecule has 1 heterocycles. The number of thioether (sulfide) groups is 1. The van der Waals surface area contributed by atoms with Crippen molar-refractivity contribution in [2.45, 2.75) is 35.4 Å². The third-order valence-corrected chi connectivity index (χ3v) is 7.27. The molecule has 0 spiro atoms. The standard InChI is InChI=1S/C23H22ClN3O4S/c24-15-7-9-17-18(11-15)32-21(13-4-2-1-3-5-13)20(23(31)27(17)12-19(25)29)26-22(30)14-6-8-16(28)10-14/h1-5,7,9,11,14,20-21H,6,8,10,12H2,(H2,25,29)(H,26,30)/t14-,20-,21+/m1/s1. The van der Waals surface area contributed by atoms with Crippen molar-refractivity contribution in [1.82, 2.24) is 5.32 Å². The van der Waals surface area contributed by atoms with E-state index in [4.69, 9.17) is 17.3 Å². The van der Waals surface area contributed by atoms with Gasteiger partial charge in [-0.05, 0) is 30.2 Å². The highest BCUT2D eigenvalue weighted by atomic mass is 35.5. The summed E-state index contributed by atoms with van der Waals surface area (Å²) in [7, 11) is 0. The number of hydrogen-bond acceptors (Lipinski definition) is 5. The first kappa shape index (κ1) is 22.4. The van der Waals surface area contributed by atoms with Crippen molar-refractivity contribution in [3.05, 3.63) is 59.1 Å². The van der Waals surface area contributed by atoms with Gasteiger partial charge in [-0.2, -0.15) is 0 Å². The minimum atomic E-state index is -0.962. The summed E-state index contributed by atoms with van der Waals surface area (Å²) in [5, 5.41) is 2.90. The quantitative estimate of drug-likeness (QED) is 0.696. The lowest BCUT2D eigenvalue weighted by molar-refractivity contribution is -0.130. The van der Waals surface area contributed by atoms with Crippen molar-refractivity contribution in [2.75, 3.05) is 11.4 Å². The fraction of sp³-hybridized carbons (Fsp3) is 0.304. The van der Waals surface area contributed by atoms with Crippen LogP contribution < -0.4 is 16.0 Å². The molecule has 9 heteroatoms. The van der Waals surface area contributed by atoms with Crippen LogP contribution in [0.15, 0.2) is 53.4 Å². The highest BCUT2D eigenvalue weighted by Gasteiger charge is 2.41. The average molecular weight is 472 g/mol. The molecule has 2 aromatic carbocycles. The highest BCUT2D eigenvalue weighted by molar-refractivity contribution is 7.99. The topological polar surface area (TPSA) is 110 Å². The third-order valence-electron chi connectivity index (χ3n) is 5.66. The van der Waals surface area contributed by atoms with Gasteiger partial charge in [0, 0.05) is 28.7 Å². The number of halogens is 1. The molecule has 0 aromatic heterocycles. The maximum Gasteiger partial charge on any atom is 0.251 e. The number of nitrogens with zero attached hydrogens (tertiary/aromatic N) is 1. The van der Waals surface area contributed by atoms with Crippen LogP contribution in [0.3, 0.4) is 0 Å². The van der Waals surface area contributed by atoms with Crippen LogP contribution in [0.2, 0.25) is 5.02 Å². The SMILES string of the molecule is NC(=O)CN1C(=O)[C@H](NC(=O)[C@@H]2CCC(=O)C2)[C@H](c2ccccc2)Sc2cc(Cl)ccc21. The molecular weight excluding hydrogens is 450 g/mol. The van der Waals surface area contributed by atoms with Crippen molar-refractivity contribution < 1.29 is 19.2 Å². The van der Waals surface area contributed by atoms with Gasteiger partial charge in [0.25, 0.3) is 5.91 Å². The third kappa shape index (κ3) is 4.66. The Kier molecular flexibility index (Phi) is 6.53. The molecule has 0 saturated heterocycles. The maximum absolute atomic E-state index is 13.7. The number of nitrogens with two attached hydrogens (primary N) is 1. The summed E-state index contributed by atoms with van der Waals surface area (Å²) in [6.07, 6.45) is 1.01. The number of rotatable bonds is 5. The molecule has 0 bridgehead atoms. The lowest BCUT2D eigenvalue weighted by Gasteiger charge is -2.29. The molecule has 3 atom stereocenters. The van der Waals surface area contributed by atoms with Crippen LogP contribution >= 0.6 is 23.4 Å². The van der Waals surface area contributed by atoms with Crippen molar-refractivity contribution in [3.63, 3.8) is 0 Å². The molecule has 2 aromatic rings. The van der Waals surface area contributed by atoms with Crippen LogP contribution in [-0.4, -0.2) is 36.1 Å². The fourth-order valence-corrected chi connectivity index (χ4v) is 5.71. The van der Waals surface area contributed by atoms with Crippen molar-refractivity contribution in [1.29, 1.82) is 0 Å². The normalized spacial score (nSPS) is 22.9. The van der Waals surface area contributed by atoms with Crippen LogP contribution in [0.1, 0.15) is 30.1 Å². The molecule has 32 heavy (non-hydrogen) atoms. The average Bonchev–Trinajstić information content (AvgIpc) is 3.17. The molecule has 2 aliphatic rings. The Bertz CT molecular complexity index is 1080. The van der Waals surface area contributed by atoms with Crippen LogP contribution in [-0.2, 0) is 19.2 Å². The molecule has 166 valence electrons. The van der Waals surface area contributed by atoms with Crippen LogP contribution in [0, 0.1) is 5.92 Å². The lowest BCUT2D eigenvalue weighted by atomic mass is 10.0. The number of carbonyl (C=O) groups is 4.